The van der Waals surface area contributed by atoms with E-state index in [1.54, 1.807) is 0 Å². The molecule has 106 valence electrons. The van der Waals surface area contributed by atoms with Gasteiger partial charge in [-0.15, -0.1) is 0 Å². The number of nitrogens with one attached hydrogen (secondary N) is 1. The second-order valence-corrected chi connectivity index (χ2v) is 6.50. The molecule has 18 heavy (non-hydrogen) atoms. The summed E-state index contributed by atoms with van der Waals surface area (Å²) in [6, 6.07) is 0.674. The summed E-state index contributed by atoms with van der Waals surface area (Å²) in [6.07, 6.45) is 6.95. The van der Waals surface area contributed by atoms with Gasteiger partial charge >= 0.3 is 0 Å². The Morgan fingerprint density at radius 2 is 2.00 bits per heavy atom. The van der Waals surface area contributed by atoms with E-state index in [0.29, 0.717) is 11.6 Å². The molecule has 0 aromatic heterocycles. The van der Waals surface area contributed by atoms with Gasteiger partial charge in [0.05, 0.1) is 6.61 Å². The lowest BCUT2D eigenvalue weighted by Gasteiger charge is -2.51. The van der Waals surface area contributed by atoms with Crippen LogP contribution in [0.1, 0.15) is 46.0 Å². The van der Waals surface area contributed by atoms with Crippen LogP contribution in [0.25, 0.3) is 0 Å². The molecule has 3 heteroatoms. The SMILES string of the molecule is COCCN1CC2(CCCCC2)NCC1C(C)C. The Balaban J connectivity index is 1.99. The number of methoxy groups -OCH3 is 1. The van der Waals surface area contributed by atoms with Crippen molar-refractivity contribution in [3.63, 3.8) is 0 Å². The Bertz CT molecular complexity index is 249. The molecule has 1 atom stereocenters. The molecule has 2 rings (SSSR count). The summed E-state index contributed by atoms with van der Waals surface area (Å²) < 4.78 is 5.29. The van der Waals surface area contributed by atoms with Crippen LogP contribution in [0.5, 0.6) is 0 Å². The van der Waals surface area contributed by atoms with E-state index in [-0.39, 0.29) is 0 Å². The summed E-state index contributed by atoms with van der Waals surface area (Å²) in [5.41, 5.74) is 0.414. The van der Waals surface area contributed by atoms with Crippen LogP contribution in [-0.4, -0.2) is 49.8 Å². The van der Waals surface area contributed by atoms with Crippen LogP contribution < -0.4 is 5.32 Å². The topological polar surface area (TPSA) is 24.5 Å². The lowest BCUT2D eigenvalue weighted by molar-refractivity contribution is 0.0201. The molecule has 2 aliphatic rings. The van der Waals surface area contributed by atoms with Crippen molar-refractivity contribution in [1.82, 2.24) is 10.2 Å². The van der Waals surface area contributed by atoms with Crippen LogP contribution in [-0.2, 0) is 4.74 Å². The van der Waals surface area contributed by atoms with Crippen molar-refractivity contribution in [3.8, 4) is 0 Å². The third-order valence-electron chi connectivity index (χ3n) is 4.82. The lowest BCUT2D eigenvalue weighted by atomic mass is 9.78. The van der Waals surface area contributed by atoms with Gasteiger partial charge in [-0.05, 0) is 18.8 Å². The van der Waals surface area contributed by atoms with Crippen LogP contribution in [0.3, 0.4) is 0 Å². The first-order chi connectivity index (χ1) is 8.67. The second kappa shape index (κ2) is 6.36. The first-order valence-corrected chi connectivity index (χ1v) is 7.65. The fourth-order valence-electron chi connectivity index (χ4n) is 3.69. The number of rotatable bonds is 4. The molecular formula is C15H30N2O. The normalized spacial score (nSPS) is 29.0. The molecule has 0 aromatic rings. The Morgan fingerprint density at radius 3 is 2.61 bits per heavy atom. The van der Waals surface area contributed by atoms with E-state index >= 15 is 0 Å². The van der Waals surface area contributed by atoms with Gasteiger partial charge in [0.25, 0.3) is 0 Å². The third-order valence-corrected chi connectivity index (χ3v) is 4.82. The molecule has 1 saturated carbocycles. The van der Waals surface area contributed by atoms with E-state index in [4.69, 9.17) is 4.74 Å². The number of piperazine rings is 1. The Kier molecular flexibility index (Phi) is 5.05. The summed E-state index contributed by atoms with van der Waals surface area (Å²) in [5, 5.41) is 3.89. The molecule has 1 aliphatic carbocycles. The average molecular weight is 254 g/mol. The lowest BCUT2D eigenvalue weighted by Crippen LogP contribution is -2.66. The van der Waals surface area contributed by atoms with E-state index in [9.17, 15) is 0 Å². The second-order valence-electron chi connectivity index (χ2n) is 6.50. The average Bonchev–Trinajstić information content (AvgIpc) is 2.37. The minimum absolute atomic E-state index is 0.414. The number of nitrogens with zero attached hydrogens (tertiary/aromatic N) is 1. The monoisotopic (exact) mass is 254 g/mol. The number of hydrogen-bond acceptors (Lipinski definition) is 3. The zero-order valence-corrected chi connectivity index (χ0v) is 12.4. The predicted octanol–water partition coefficient (Wildman–Crippen LogP) is 2.27. The molecule has 0 radical (unpaired) electrons. The maximum absolute atomic E-state index is 5.29. The Morgan fingerprint density at radius 1 is 1.28 bits per heavy atom. The van der Waals surface area contributed by atoms with Crippen molar-refractivity contribution in [2.75, 3.05) is 33.4 Å². The standard InChI is InChI=1S/C15H30N2O/c1-13(2)14-11-16-15(7-5-4-6-8-15)12-17(14)9-10-18-3/h13-14,16H,4-12H2,1-3H3. The minimum atomic E-state index is 0.414. The molecule has 0 amide bonds. The van der Waals surface area contributed by atoms with Gasteiger partial charge in [-0.3, -0.25) is 4.90 Å². The van der Waals surface area contributed by atoms with Crippen molar-refractivity contribution >= 4 is 0 Å². The Labute approximate surface area is 112 Å². The van der Waals surface area contributed by atoms with Gasteiger partial charge in [0, 0.05) is 38.3 Å². The number of hydrogen-bond donors (Lipinski definition) is 1. The van der Waals surface area contributed by atoms with E-state index in [0.717, 1.165) is 25.6 Å². The molecule has 2 fully saturated rings. The van der Waals surface area contributed by atoms with Gasteiger partial charge in [0.1, 0.15) is 0 Å². The maximum atomic E-state index is 5.29. The molecule has 1 aliphatic heterocycles. The van der Waals surface area contributed by atoms with Crippen LogP contribution >= 0.6 is 0 Å². The number of ether oxygens (including phenoxy) is 1. The molecule has 1 unspecified atom stereocenters. The van der Waals surface area contributed by atoms with Crippen LogP contribution in [0.4, 0.5) is 0 Å². The fourth-order valence-corrected chi connectivity index (χ4v) is 3.69. The minimum Gasteiger partial charge on any atom is -0.383 e. The summed E-state index contributed by atoms with van der Waals surface area (Å²) in [5.74, 6) is 0.718. The van der Waals surface area contributed by atoms with E-state index < -0.39 is 0 Å². The van der Waals surface area contributed by atoms with Crippen LogP contribution in [0.2, 0.25) is 0 Å². The molecule has 1 saturated heterocycles. The van der Waals surface area contributed by atoms with Crippen molar-refractivity contribution in [3.05, 3.63) is 0 Å². The smallest absolute Gasteiger partial charge is 0.0589 e. The zero-order valence-electron chi connectivity index (χ0n) is 12.4. The highest BCUT2D eigenvalue weighted by Gasteiger charge is 2.40. The highest BCUT2D eigenvalue weighted by atomic mass is 16.5. The molecular weight excluding hydrogens is 224 g/mol. The summed E-state index contributed by atoms with van der Waals surface area (Å²) in [4.78, 5) is 2.68. The van der Waals surface area contributed by atoms with Crippen LogP contribution in [0, 0.1) is 5.92 Å². The van der Waals surface area contributed by atoms with Gasteiger partial charge in [-0.2, -0.15) is 0 Å². The quantitative estimate of drug-likeness (QED) is 0.833. The highest BCUT2D eigenvalue weighted by molar-refractivity contribution is 5.00. The third kappa shape index (κ3) is 3.25. The largest absolute Gasteiger partial charge is 0.383 e. The molecule has 0 bridgehead atoms. The zero-order chi connectivity index (χ0) is 13.0. The van der Waals surface area contributed by atoms with E-state index in [1.807, 2.05) is 7.11 Å². The van der Waals surface area contributed by atoms with Crippen molar-refractivity contribution in [2.24, 2.45) is 5.92 Å². The van der Waals surface area contributed by atoms with Crippen molar-refractivity contribution < 1.29 is 4.74 Å². The summed E-state index contributed by atoms with van der Waals surface area (Å²) >= 11 is 0. The Hall–Kier alpha value is -0.120. The van der Waals surface area contributed by atoms with Crippen molar-refractivity contribution in [1.29, 1.82) is 0 Å². The summed E-state index contributed by atoms with van der Waals surface area (Å²) in [7, 11) is 1.81. The van der Waals surface area contributed by atoms with Crippen LogP contribution in [0.15, 0.2) is 0 Å². The fraction of sp³-hybridized carbons (Fsp3) is 1.00. The van der Waals surface area contributed by atoms with Gasteiger partial charge in [-0.1, -0.05) is 33.1 Å². The highest BCUT2D eigenvalue weighted by Crippen LogP contribution is 2.32. The molecule has 0 aromatic carbocycles. The van der Waals surface area contributed by atoms with Gasteiger partial charge in [0.2, 0.25) is 0 Å². The molecule has 3 nitrogen and oxygen atoms in total. The first-order valence-electron chi connectivity index (χ1n) is 7.65. The molecule has 1 N–H and O–H groups in total. The van der Waals surface area contributed by atoms with E-state index in [1.165, 1.54) is 38.6 Å². The first kappa shape index (κ1) is 14.3. The maximum Gasteiger partial charge on any atom is 0.0589 e. The van der Waals surface area contributed by atoms with Gasteiger partial charge < -0.3 is 10.1 Å². The molecule has 1 spiro atoms. The predicted molar refractivity (Wildman–Crippen MR) is 75.9 cm³/mol. The molecule has 1 heterocycles. The van der Waals surface area contributed by atoms with Crippen molar-refractivity contribution in [2.45, 2.75) is 57.5 Å². The van der Waals surface area contributed by atoms with Gasteiger partial charge in [-0.25, -0.2) is 0 Å². The summed E-state index contributed by atoms with van der Waals surface area (Å²) in [6.45, 7) is 9.00. The van der Waals surface area contributed by atoms with E-state index in [2.05, 4.69) is 24.1 Å². The van der Waals surface area contributed by atoms with Gasteiger partial charge in [0.15, 0.2) is 0 Å².